The van der Waals surface area contributed by atoms with Gasteiger partial charge in [-0.3, -0.25) is 9.59 Å². The van der Waals surface area contributed by atoms with Crippen molar-refractivity contribution in [3.63, 3.8) is 0 Å². The number of nitrogens with one attached hydrogen (secondary N) is 1. The number of hydrogen-bond donors (Lipinski definition) is 2. The third kappa shape index (κ3) is 7.31. The van der Waals surface area contributed by atoms with Crippen LogP contribution in [0.15, 0.2) is 24.3 Å². The third-order valence-corrected chi connectivity index (χ3v) is 3.53. The number of rotatable bonds is 6. The Labute approximate surface area is 151 Å². The minimum atomic E-state index is -4.43. The molecule has 0 aromatic heterocycles. The molecule has 1 aromatic carbocycles. The summed E-state index contributed by atoms with van der Waals surface area (Å²) in [6, 6.07) is 4.05. The van der Waals surface area contributed by atoms with Gasteiger partial charge >= 0.3 is 6.18 Å². The zero-order valence-corrected chi connectivity index (χ0v) is 15.1. The van der Waals surface area contributed by atoms with E-state index in [0.717, 1.165) is 12.1 Å². The molecular weight excluding hydrogens is 359 g/mol. The van der Waals surface area contributed by atoms with Crippen molar-refractivity contribution >= 4 is 24.2 Å². The van der Waals surface area contributed by atoms with E-state index in [0.29, 0.717) is 5.56 Å². The lowest BCUT2D eigenvalue weighted by molar-refractivity contribution is -0.137. The van der Waals surface area contributed by atoms with Crippen molar-refractivity contribution in [1.82, 2.24) is 10.2 Å². The Morgan fingerprint density at radius 2 is 1.88 bits per heavy atom. The maximum Gasteiger partial charge on any atom is 0.416 e. The number of nitrogens with zero attached hydrogens (tertiary/aromatic N) is 1. The summed E-state index contributed by atoms with van der Waals surface area (Å²) in [5.74, 6) is -0.925. The van der Waals surface area contributed by atoms with Gasteiger partial charge in [-0.15, -0.1) is 12.4 Å². The number of halogens is 4. The van der Waals surface area contributed by atoms with Gasteiger partial charge in [0.15, 0.2) is 0 Å². The van der Waals surface area contributed by atoms with E-state index in [4.69, 9.17) is 5.73 Å². The van der Waals surface area contributed by atoms with Gasteiger partial charge in [-0.25, -0.2) is 0 Å². The topological polar surface area (TPSA) is 75.4 Å². The fraction of sp³-hybridized carbons (Fsp3) is 0.500. The van der Waals surface area contributed by atoms with E-state index in [9.17, 15) is 22.8 Å². The highest BCUT2D eigenvalue weighted by Gasteiger charge is 2.30. The number of carbonyl (C=O) groups is 2. The van der Waals surface area contributed by atoms with Crippen molar-refractivity contribution in [2.45, 2.75) is 32.6 Å². The van der Waals surface area contributed by atoms with Crippen LogP contribution in [-0.4, -0.2) is 36.3 Å². The van der Waals surface area contributed by atoms with Crippen LogP contribution in [0.25, 0.3) is 0 Å². The normalized spacial score (nSPS) is 12.3. The summed E-state index contributed by atoms with van der Waals surface area (Å²) < 4.78 is 38.0. The van der Waals surface area contributed by atoms with Crippen molar-refractivity contribution in [2.75, 3.05) is 13.6 Å². The van der Waals surface area contributed by atoms with Gasteiger partial charge in [0.1, 0.15) is 0 Å². The number of benzene rings is 1. The zero-order valence-electron chi connectivity index (χ0n) is 14.3. The second-order valence-electron chi connectivity index (χ2n) is 5.94. The van der Waals surface area contributed by atoms with Crippen LogP contribution in [-0.2, 0) is 22.3 Å². The number of alkyl halides is 3. The number of amides is 2. The highest BCUT2D eigenvalue weighted by Crippen LogP contribution is 2.29. The predicted molar refractivity (Wildman–Crippen MR) is 91.0 cm³/mol. The van der Waals surface area contributed by atoms with E-state index in [-0.39, 0.29) is 31.4 Å². The van der Waals surface area contributed by atoms with Crippen LogP contribution in [0.3, 0.4) is 0 Å². The fourth-order valence-electron chi connectivity index (χ4n) is 1.93. The van der Waals surface area contributed by atoms with Crippen molar-refractivity contribution in [3.8, 4) is 0 Å². The molecule has 0 aliphatic carbocycles. The summed E-state index contributed by atoms with van der Waals surface area (Å²) in [5, 5.41) is 2.43. The van der Waals surface area contributed by atoms with Gasteiger partial charge < -0.3 is 16.0 Å². The number of likely N-dealkylation sites (N-methyl/N-ethyl adjacent to an activating group) is 1. The SMILES string of the molecule is CC(C)[C@H](N)C(=O)NCC(=O)N(C)Cc1cccc(C(F)(F)F)c1.Cl. The van der Waals surface area contributed by atoms with E-state index in [1.54, 1.807) is 13.8 Å². The number of hydrogen-bond acceptors (Lipinski definition) is 3. The van der Waals surface area contributed by atoms with E-state index in [1.807, 2.05) is 0 Å². The third-order valence-electron chi connectivity index (χ3n) is 3.53. The Bertz CT molecular complexity index is 594. The van der Waals surface area contributed by atoms with Gasteiger partial charge in [-0.1, -0.05) is 26.0 Å². The molecule has 1 atom stereocenters. The number of carbonyl (C=O) groups excluding carboxylic acids is 2. The van der Waals surface area contributed by atoms with E-state index >= 15 is 0 Å². The average molecular weight is 382 g/mol. The molecule has 0 aliphatic rings. The second-order valence-corrected chi connectivity index (χ2v) is 5.94. The van der Waals surface area contributed by atoms with E-state index in [1.165, 1.54) is 24.1 Å². The molecule has 0 saturated heterocycles. The molecule has 1 aromatic rings. The molecule has 0 heterocycles. The first-order valence-electron chi connectivity index (χ1n) is 7.45. The Balaban J connectivity index is 0.00000576. The molecule has 0 saturated carbocycles. The number of nitrogens with two attached hydrogens (primary N) is 1. The molecule has 3 N–H and O–H groups in total. The van der Waals surface area contributed by atoms with E-state index in [2.05, 4.69) is 5.32 Å². The lowest BCUT2D eigenvalue weighted by atomic mass is 10.1. The smallest absolute Gasteiger partial charge is 0.346 e. The summed E-state index contributed by atoms with van der Waals surface area (Å²) in [5.41, 5.74) is 5.25. The minimum absolute atomic E-state index is 0. The van der Waals surface area contributed by atoms with Gasteiger partial charge in [0, 0.05) is 13.6 Å². The molecule has 5 nitrogen and oxygen atoms in total. The molecule has 0 bridgehead atoms. The summed E-state index contributed by atoms with van der Waals surface area (Å²) in [6.45, 7) is 3.32. The molecular formula is C16H23ClF3N3O2. The van der Waals surface area contributed by atoms with Crippen LogP contribution in [0.5, 0.6) is 0 Å². The molecule has 0 spiro atoms. The zero-order chi connectivity index (χ0) is 18.5. The van der Waals surface area contributed by atoms with Crippen molar-refractivity contribution < 1.29 is 22.8 Å². The van der Waals surface area contributed by atoms with Crippen LogP contribution in [0.1, 0.15) is 25.0 Å². The Morgan fingerprint density at radius 1 is 1.28 bits per heavy atom. The molecule has 0 aliphatic heterocycles. The summed E-state index contributed by atoms with van der Waals surface area (Å²) in [7, 11) is 1.46. The van der Waals surface area contributed by atoms with Gasteiger partial charge in [0.05, 0.1) is 18.2 Å². The highest BCUT2D eigenvalue weighted by atomic mass is 35.5. The first-order valence-corrected chi connectivity index (χ1v) is 7.45. The maximum absolute atomic E-state index is 12.7. The molecule has 2 amide bonds. The molecule has 0 radical (unpaired) electrons. The predicted octanol–water partition coefficient (Wildman–Crippen LogP) is 2.19. The van der Waals surface area contributed by atoms with Gasteiger partial charge in [-0.2, -0.15) is 13.2 Å². The molecule has 25 heavy (non-hydrogen) atoms. The Kier molecular flexibility index (Phi) is 8.93. The molecule has 1 rings (SSSR count). The lowest BCUT2D eigenvalue weighted by Gasteiger charge is -2.20. The molecule has 142 valence electrons. The van der Waals surface area contributed by atoms with Gasteiger partial charge in [0.2, 0.25) is 11.8 Å². The standard InChI is InChI=1S/C16H22F3N3O2.ClH/c1-10(2)14(20)15(24)21-8-13(23)22(3)9-11-5-4-6-12(7-11)16(17,18)19;/h4-7,10,14H,8-9,20H2,1-3H3,(H,21,24);1H/t14-;/m0./s1. The van der Waals surface area contributed by atoms with Gasteiger partial charge in [-0.05, 0) is 23.6 Å². The second kappa shape index (κ2) is 9.62. The van der Waals surface area contributed by atoms with Crippen LogP contribution in [0, 0.1) is 5.92 Å². The van der Waals surface area contributed by atoms with Crippen LogP contribution < -0.4 is 11.1 Å². The monoisotopic (exact) mass is 381 g/mol. The maximum atomic E-state index is 12.7. The summed E-state index contributed by atoms with van der Waals surface area (Å²) in [6.07, 6.45) is -4.43. The Morgan fingerprint density at radius 3 is 2.40 bits per heavy atom. The summed E-state index contributed by atoms with van der Waals surface area (Å²) >= 11 is 0. The van der Waals surface area contributed by atoms with Crippen LogP contribution >= 0.6 is 12.4 Å². The Hall–Kier alpha value is -1.80. The fourth-order valence-corrected chi connectivity index (χ4v) is 1.93. The van der Waals surface area contributed by atoms with Crippen molar-refractivity contribution in [1.29, 1.82) is 0 Å². The first kappa shape index (κ1) is 23.2. The highest BCUT2D eigenvalue weighted by molar-refractivity contribution is 5.87. The first-order chi connectivity index (χ1) is 11.0. The largest absolute Gasteiger partial charge is 0.416 e. The molecule has 0 fully saturated rings. The minimum Gasteiger partial charge on any atom is -0.346 e. The van der Waals surface area contributed by atoms with Crippen molar-refractivity contribution in [2.24, 2.45) is 11.7 Å². The molecule has 9 heteroatoms. The molecule has 0 unspecified atom stereocenters. The van der Waals surface area contributed by atoms with Crippen LogP contribution in [0.4, 0.5) is 13.2 Å². The van der Waals surface area contributed by atoms with Crippen molar-refractivity contribution in [3.05, 3.63) is 35.4 Å². The quantitative estimate of drug-likeness (QED) is 0.793. The lowest BCUT2D eigenvalue weighted by Crippen LogP contribution is -2.47. The van der Waals surface area contributed by atoms with Crippen LogP contribution in [0.2, 0.25) is 0 Å². The average Bonchev–Trinajstić information content (AvgIpc) is 2.50. The van der Waals surface area contributed by atoms with E-state index < -0.39 is 29.6 Å². The van der Waals surface area contributed by atoms with Gasteiger partial charge in [0.25, 0.3) is 0 Å². The summed E-state index contributed by atoms with van der Waals surface area (Å²) in [4.78, 5) is 24.9.